The number of nitrogens with zero attached hydrogens (tertiary/aromatic N) is 1. The third kappa shape index (κ3) is 2.67. The number of hydrogen-bond donors (Lipinski definition) is 1. The molecule has 0 aliphatic rings. The van der Waals surface area contributed by atoms with E-state index < -0.39 is 6.43 Å². The van der Waals surface area contributed by atoms with Gasteiger partial charge in [-0.1, -0.05) is 19.1 Å². The van der Waals surface area contributed by atoms with Crippen LogP contribution in [0.4, 0.5) is 14.5 Å². The molecular weight excluding hydrogens is 246 g/mol. The number of hydrogen-bond acceptors (Lipinski definition) is 2. The highest BCUT2D eigenvalue weighted by molar-refractivity contribution is 5.94. The number of alkyl halides is 2. The topological polar surface area (TPSA) is 24.9 Å². The Balaban J connectivity index is 2.67. The average Bonchev–Trinajstić information content (AvgIpc) is 2.40. The molecule has 1 N–H and O–H groups in total. The summed E-state index contributed by atoms with van der Waals surface area (Å²) in [4.78, 5) is 4.11. The molecule has 0 saturated heterocycles. The second-order valence-corrected chi connectivity index (χ2v) is 4.73. The highest BCUT2D eigenvalue weighted by Gasteiger charge is 2.14. The Hall–Kier alpha value is -1.71. The van der Waals surface area contributed by atoms with Crippen LogP contribution in [0.5, 0.6) is 0 Å². The van der Waals surface area contributed by atoms with Gasteiger partial charge < -0.3 is 5.32 Å². The van der Waals surface area contributed by atoms with Crippen molar-refractivity contribution in [2.45, 2.75) is 33.6 Å². The lowest BCUT2D eigenvalue weighted by Gasteiger charge is -2.13. The normalized spacial score (nSPS) is 11.3. The van der Waals surface area contributed by atoms with E-state index in [0.29, 0.717) is 5.52 Å². The van der Waals surface area contributed by atoms with Gasteiger partial charge in [0.25, 0.3) is 6.43 Å². The number of rotatable bonds is 4. The first-order valence-electron chi connectivity index (χ1n) is 6.47. The molecule has 0 spiro atoms. The van der Waals surface area contributed by atoms with Gasteiger partial charge in [-0.2, -0.15) is 0 Å². The Morgan fingerprint density at radius 3 is 2.63 bits per heavy atom. The number of pyridine rings is 1. The fourth-order valence-electron chi connectivity index (χ4n) is 2.07. The van der Waals surface area contributed by atoms with Crippen LogP contribution in [0.25, 0.3) is 10.9 Å². The van der Waals surface area contributed by atoms with Gasteiger partial charge in [0, 0.05) is 17.6 Å². The lowest BCUT2D eigenvalue weighted by Crippen LogP contribution is -2.04. The van der Waals surface area contributed by atoms with Gasteiger partial charge in [-0.25, -0.2) is 13.8 Å². The van der Waals surface area contributed by atoms with Crippen LogP contribution in [0.1, 0.15) is 36.6 Å². The summed E-state index contributed by atoms with van der Waals surface area (Å²) in [5.74, 6) is 0. The second kappa shape index (κ2) is 5.51. The standard InChI is InChI=1S/C15H18F2N2/c1-4-7-18-12-8-13(15(16)17)19-14-10(3)9(2)5-6-11(12)14/h5-6,8,15H,4,7H2,1-3H3,(H,18,19). The van der Waals surface area contributed by atoms with Crippen LogP contribution in [-0.4, -0.2) is 11.5 Å². The first-order chi connectivity index (χ1) is 9.04. The minimum absolute atomic E-state index is 0.167. The molecule has 0 amide bonds. The zero-order valence-electron chi connectivity index (χ0n) is 11.4. The maximum absolute atomic E-state index is 12.9. The van der Waals surface area contributed by atoms with Gasteiger partial charge in [0.1, 0.15) is 5.69 Å². The summed E-state index contributed by atoms with van der Waals surface area (Å²) in [6, 6.07) is 5.40. The molecule has 2 aromatic rings. The third-order valence-electron chi connectivity index (χ3n) is 3.31. The molecule has 0 saturated carbocycles. The lowest BCUT2D eigenvalue weighted by atomic mass is 10.0. The predicted molar refractivity (Wildman–Crippen MR) is 75.0 cm³/mol. The minimum Gasteiger partial charge on any atom is -0.384 e. The van der Waals surface area contributed by atoms with Crippen LogP contribution in [-0.2, 0) is 0 Å². The van der Waals surface area contributed by atoms with Gasteiger partial charge in [0.05, 0.1) is 5.52 Å². The van der Waals surface area contributed by atoms with Gasteiger partial charge in [-0.05, 0) is 37.5 Å². The van der Waals surface area contributed by atoms with Crippen LogP contribution in [0, 0.1) is 13.8 Å². The molecule has 0 aliphatic carbocycles. The number of benzene rings is 1. The smallest absolute Gasteiger partial charge is 0.280 e. The quantitative estimate of drug-likeness (QED) is 0.872. The highest BCUT2D eigenvalue weighted by atomic mass is 19.3. The molecule has 0 unspecified atom stereocenters. The van der Waals surface area contributed by atoms with Crippen molar-refractivity contribution in [3.05, 3.63) is 35.0 Å². The monoisotopic (exact) mass is 264 g/mol. The van der Waals surface area contributed by atoms with Gasteiger partial charge >= 0.3 is 0 Å². The Kier molecular flexibility index (Phi) is 3.98. The molecule has 1 heterocycles. The summed E-state index contributed by atoms with van der Waals surface area (Å²) in [7, 11) is 0. The van der Waals surface area contributed by atoms with E-state index in [4.69, 9.17) is 0 Å². The van der Waals surface area contributed by atoms with E-state index in [0.717, 1.165) is 35.2 Å². The molecule has 102 valence electrons. The van der Waals surface area contributed by atoms with Crippen molar-refractivity contribution in [1.82, 2.24) is 4.98 Å². The van der Waals surface area contributed by atoms with Gasteiger partial charge in [-0.15, -0.1) is 0 Å². The fraction of sp³-hybridized carbons (Fsp3) is 0.400. The first kappa shape index (κ1) is 13.7. The van der Waals surface area contributed by atoms with Gasteiger partial charge in [0.2, 0.25) is 0 Å². The zero-order chi connectivity index (χ0) is 14.0. The molecule has 0 bridgehead atoms. The van der Waals surface area contributed by atoms with E-state index in [-0.39, 0.29) is 5.69 Å². The van der Waals surface area contributed by atoms with E-state index in [1.54, 1.807) is 0 Å². The summed E-state index contributed by atoms with van der Waals surface area (Å²) in [5.41, 5.74) is 3.26. The second-order valence-electron chi connectivity index (χ2n) is 4.73. The van der Waals surface area contributed by atoms with Crippen molar-refractivity contribution in [2.24, 2.45) is 0 Å². The molecule has 0 aliphatic heterocycles. The van der Waals surface area contributed by atoms with Crippen molar-refractivity contribution in [1.29, 1.82) is 0 Å². The molecule has 2 rings (SSSR count). The Labute approximate surface area is 111 Å². The molecule has 0 atom stereocenters. The summed E-state index contributed by atoms with van der Waals surface area (Å²) in [6.07, 6.45) is -1.61. The maximum atomic E-state index is 12.9. The van der Waals surface area contributed by atoms with Crippen LogP contribution >= 0.6 is 0 Å². The molecule has 2 nitrogen and oxygen atoms in total. The molecule has 19 heavy (non-hydrogen) atoms. The third-order valence-corrected chi connectivity index (χ3v) is 3.31. The van der Waals surface area contributed by atoms with E-state index in [1.165, 1.54) is 6.07 Å². The van der Waals surface area contributed by atoms with Gasteiger partial charge in [0.15, 0.2) is 0 Å². The van der Waals surface area contributed by atoms with Crippen molar-refractivity contribution in [2.75, 3.05) is 11.9 Å². The number of anilines is 1. The maximum Gasteiger partial charge on any atom is 0.280 e. The van der Waals surface area contributed by atoms with Gasteiger partial charge in [-0.3, -0.25) is 0 Å². The molecular formula is C15H18F2N2. The Morgan fingerprint density at radius 2 is 2.00 bits per heavy atom. The zero-order valence-corrected chi connectivity index (χ0v) is 11.4. The van der Waals surface area contributed by atoms with Crippen molar-refractivity contribution in [3.63, 3.8) is 0 Å². The van der Waals surface area contributed by atoms with Crippen LogP contribution in [0.2, 0.25) is 0 Å². The molecule has 1 aromatic heterocycles. The number of halogens is 2. The highest BCUT2D eigenvalue weighted by Crippen LogP contribution is 2.30. The summed E-state index contributed by atoms with van der Waals surface area (Å²) in [5, 5.41) is 4.11. The van der Waals surface area contributed by atoms with E-state index >= 15 is 0 Å². The average molecular weight is 264 g/mol. The molecule has 0 radical (unpaired) electrons. The largest absolute Gasteiger partial charge is 0.384 e. The van der Waals surface area contributed by atoms with E-state index in [2.05, 4.69) is 10.3 Å². The fourth-order valence-corrected chi connectivity index (χ4v) is 2.07. The summed E-state index contributed by atoms with van der Waals surface area (Å²) in [6.45, 7) is 6.68. The van der Waals surface area contributed by atoms with Crippen molar-refractivity contribution in [3.8, 4) is 0 Å². The summed E-state index contributed by atoms with van der Waals surface area (Å²) >= 11 is 0. The van der Waals surface area contributed by atoms with E-state index in [9.17, 15) is 8.78 Å². The number of fused-ring (bicyclic) bond motifs is 1. The lowest BCUT2D eigenvalue weighted by molar-refractivity contribution is 0.146. The van der Waals surface area contributed by atoms with Crippen molar-refractivity contribution < 1.29 is 8.78 Å². The van der Waals surface area contributed by atoms with E-state index in [1.807, 2.05) is 32.9 Å². The van der Waals surface area contributed by atoms with Crippen LogP contribution in [0.15, 0.2) is 18.2 Å². The number of nitrogens with one attached hydrogen (secondary N) is 1. The number of aromatic nitrogens is 1. The SMILES string of the molecule is CCCNc1cc(C(F)F)nc2c(C)c(C)ccc12. The number of aryl methyl sites for hydroxylation is 2. The Bertz CT molecular complexity index is 594. The Morgan fingerprint density at radius 1 is 1.26 bits per heavy atom. The molecule has 4 heteroatoms. The van der Waals surface area contributed by atoms with Crippen LogP contribution in [0.3, 0.4) is 0 Å². The molecule has 0 fully saturated rings. The first-order valence-corrected chi connectivity index (χ1v) is 6.47. The minimum atomic E-state index is -2.55. The molecule has 1 aromatic carbocycles. The van der Waals surface area contributed by atoms with Crippen LogP contribution < -0.4 is 5.32 Å². The van der Waals surface area contributed by atoms with Crippen molar-refractivity contribution >= 4 is 16.6 Å². The summed E-state index contributed by atoms with van der Waals surface area (Å²) < 4.78 is 25.9. The predicted octanol–water partition coefficient (Wildman–Crippen LogP) is 4.61.